The zero-order valence-electron chi connectivity index (χ0n) is 14.1. The standard InChI is InChI=1S/C17H16F3N3O4/c18-14-10(8-11(23(25)26)15(19)16(14)20)17(24)21-9-12(13-4-3-7-27-13)22-5-1-2-6-22/h3-4,7-8,12H,1-2,5-6,9H2,(H,21,24). The molecule has 1 N–H and O–H groups in total. The maximum absolute atomic E-state index is 13.9. The maximum Gasteiger partial charge on any atom is 0.308 e. The van der Waals surface area contributed by atoms with Crippen LogP contribution in [-0.2, 0) is 0 Å². The minimum atomic E-state index is -2.06. The van der Waals surface area contributed by atoms with Crippen LogP contribution in [0.3, 0.4) is 0 Å². The third kappa shape index (κ3) is 3.80. The van der Waals surface area contributed by atoms with Gasteiger partial charge in [-0.3, -0.25) is 19.8 Å². The largest absolute Gasteiger partial charge is 0.468 e. The van der Waals surface area contributed by atoms with Gasteiger partial charge in [-0.25, -0.2) is 8.78 Å². The van der Waals surface area contributed by atoms with Gasteiger partial charge in [-0.1, -0.05) is 0 Å². The molecule has 1 fully saturated rings. The highest BCUT2D eigenvalue weighted by molar-refractivity contribution is 5.95. The Balaban J connectivity index is 1.81. The number of nitro benzene ring substituents is 1. The molecular weight excluding hydrogens is 367 g/mol. The number of benzene rings is 1. The van der Waals surface area contributed by atoms with Crippen molar-refractivity contribution in [3.63, 3.8) is 0 Å². The number of nitro groups is 1. The van der Waals surface area contributed by atoms with Crippen molar-refractivity contribution in [2.24, 2.45) is 0 Å². The Morgan fingerprint density at radius 3 is 2.56 bits per heavy atom. The highest BCUT2D eigenvalue weighted by Crippen LogP contribution is 2.27. The van der Waals surface area contributed by atoms with Crippen LogP contribution in [0.25, 0.3) is 0 Å². The Kier molecular flexibility index (Phi) is 5.45. The van der Waals surface area contributed by atoms with Crippen LogP contribution in [0.1, 0.15) is 35.0 Å². The molecule has 2 aromatic rings. The van der Waals surface area contributed by atoms with Crippen LogP contribution >= 0.6 is 0 Å². The molecule has 0 aliphatic carbocycles. The van der Waals surface area contributed by atoms with E-state index < -0.39 is 39.5 Å². The molecule has 0 radical (unpaired) electrons. The fourth-order valence-corrected chi connectivity index (χ4v) is 3.12. The molecule has 1 saturated heterocycles. The smallest absolute Gasteiger partial charge is 0.308 e. The van der Waals surface area contributed by atoms with Gasteiger partial charge < -0.3 is 9.73 Å². The molecule has 1 aromatic heterocycles. The molecular formula is C17H16F3N3O4. The normalized spacial score (nSPS) is 15.7. The van der Waals surface area contributed by atoms with Crippen molar-refractivity contribution in [3.05, 3.63) is 63.4 Å². The maximum atomic E-state index is 13.9. The van der Waals surface area contributed by atoms with E-state index in [1.165, 1.54) is 6.26 Å². The first-order valence-electron chi connectivity index (χ1n) is 8.27. The van der Waals surface area contributed by atoms with E-state index in [1.54, 1.807) is 12.1 Å². The van der Waals surface area contributed by atoms with Crippen molar-refractivity contribution < 1.29 is 27.3 Å². The molecule has 0 bridgehead atoms. The second-order valence-corrected chi connectivity index (χ2v) is 6.13. The van der Waals surface area contributed by atoms with Gasteiger partial charge in [0.2, 0.25) is 11.6 Å². The second kappa shape index (κ2) is 7.78. The molecule has 1 amide bonds. The second-order valence-electron chi connectivity index (χ2n) is 6.13. The predicted octanol–water partition coefficient (Wildman–Crippen LogP) is 3.17. The SMILES string of the molecule is O=C(NCC(c1ccco1)N1CCCC1)c1cc([N+](=O)[O-])c(F)c(F)c1F. The van der Waals surface area contributed by atoms with E-state index >= 15 is 0 Å². The summed E-state index contributed by atoms with van der Waals surface area (Å²) in [6.45, 7) is 1.58. The Labute approximate surface area is 151 Å². The summed E-state index contributed by atoms with van der Waals surface area (Å²) in [7, 11) is 0. The summed E-state index contributed by atoms with van der Waals surface area (Å²) in [6, 6.07) is 3.49. The molecule has 2 heterocycles. The summed E-state index contributed by atoms with van der Waals surface area (Å²) >= 11 is 0. The van der Waals surface area contributed by atoms with E-state index in [0.717, 1.165) is 25.9 Å². The van der Waals surface area contributed by atoms with Crippen molar-refractivity contribution in [1.82, 2.24) is 10.2 Å². The first-order chi connectivity index (χ1) is 12.9. The number of hydrogen-bond donors (Lipinski definition) is 1. The minimum Gasteiger partial charge on any atom is -0.468 e. The minimum absolute atomic E-state index is 0.0125. The molecule has 144 valence electrons. The number of carbonyl (C=O) groups excluding carboxylic acids is 1. The fraction of sp³-hybridized carbons (Fsp3) is 0.353. The van der Waals surface area contributed by atoms with Gasteiger partial charge in [-0.05, 0) is 38.1 Å². The quantitative estimate of drug-likeness (QED) is 0.470. The van der Waals surface area contributed by atoms with E-state index in [4.69, 9.17) is 4.42 Å². The third-order valence-corrected chi connectivity index (χ3v) is 4.48. The van der Waals surface area contributed by atoms with Gasteiger partial charge in [-0.15, -0.1) is 0 Å². The van der Waals surface area contributed by atoms with Gasteiger partial charge in [0.25, 0.3) is 5.91 Å². The van der Waals surface area contributed by atoms with Crippen LogP contribution in [0.2, 0.25) is 0 Å². The van der Waals surface area contributed by atoms with Crippen LogP contribution in [0.4, 0.5) is 18.9 Å². The Hall–Kier alpha value is -2.88. The number of nitrogens with zero attached hydrogens (tertiary/aromatic N) is 2. The monoisotopic (exact) mass is 383 g/mol. The van der Waals surface area contributed by atoms with E-state index in [2.05, 4.69) is 10.2 Å². The summed E-state index contributed by atoms with van der Waals surface area (Å²) in [5.41, 5.74) is -2.23. The van der Waals surface area contributed by atoms with Crippen molar-refractivity contribution in [1.29, 1.82) is 0 Å². The van der Waals surface area contributed by atoms with E-state index in [0.29, 0.717) is 11.8 Å². The number of carbonyl (C=O) groups is 1. The van der Waals surface area contributed by atoms with Gasteiger partial charge in [0, 0.05) is 12.6 Å². The number of rotatable bonds is 6. The van der Waals surface area contributed by atoms with Crippen LogP contribution in [0.5, 0.6) is 0 Å². The molecule has 10 heteroatoms. The van der Waals surface area contributed by atoms with Gasteiger partial charge in [0.05, 0.1) is 22.8 Å². The number of halogens is 3. The van der Waals surface area contributed by atoms with E-state index in [-0.39, 0.29) is 12.6 Å². The zero-order chi connectivity index (χ0) is 19.6. The molecule has 7 nitrogen and oxygen atoms in total. The number of nitrogens with one attached hydrogen (secondary N) is 1. The number of likely N-dealkylation sites (tertiary alicyclic amines) is 1. The Morgan fingerprint density at radius 2 is 1.96 bits per heavy atom. The molecule has 1 atom stereocenters. The summed E-state index contributed by atoms with van der Waals surface area (Å²) in [5, 5.41) is 13.2. The molecule has 1 aliphatic rings. The molecule has 3 rings (SSSR count). The molecule has 27 heavy (non-hydrogen) atoms. The summed E-state index contributed by atoms with van der Waals surface area (Å²) in [5.74, 6) is -6.26. The Bertz CT molecular complexity index is 852. The number of furan rings is 1. The summed E-state index contributed by atoms with van der Waals surface area (Å²) in [4.78, 5) is 23.9. The summed E-state index contributed by atoms with van der Waals surface area (Å²) in [6.07, 6.45) is 3.45. The van der Waals surface area contributed by atoms with Crippen LogP contribution in [-0.4, -0.2) is 35.4 Å². The highest BCUT2D eigenvalue weighted by atomic mass is 19.2. The van der Waals surface area contributed by atoms with Gasteiger partial charge >= 0.3 is 5.69 Å². The molecule has 1 aromatic carbocycles. The lowest BCUT2D eigenvalue weighted by molar-refractivity contribution is -0.387. The molecule has 0 spiro atoms. The van der Waals surface area contributed by atoms with E-state index in [9.17, 15) is 28.1 Å². The van der Waals surface area contributed by atoms with Crippen LogP contribution in [0.15, 0.2) is 28.9 Å². The van der Waals surface area contributed by atoms with E-state index in [1.807, 2.05) is 0 Å². The lowest BCUT2D eigenvalue weighted by atomic mass is 10.1. The lowest BCUT2D eigenvalue weighted by Gasteiger charge is -2.26. The fourth-order valence-electron chi connectivity index (χ4n) is 3.12. The van der Waals surface area contributed by atoms with Gasteiger partial charge in [-0.2, -0.15) is 4.39 Å². The van der Waals surface area contributed by atoms with Crippen molar-refractivity contribution >= 4 is 11.6 Å². The Morgan fingerprint density at radius 1 is 1.26 bits per heavy atom. The lowest BCUT2D eigenvalue weighted by Crippen LogP contribution is -2.37. The number of amides is 1. The highest BCUT2D eigenvalue weighted by Gasteiger charge is 2.30. The van der Waals surface area contributed by atoms with Gasteiger partial charge in [0.1, 0.15) is 5.76 Å². The topological polar surface area (TPSA) is 88.6 Å². The zero-order valence-corrected chi connectivity index (χ0v) is 14.1. The molecule has 0 saturated carbocycles. The van der Waals surface area contributed by atoms with Crippen LogP contribution in [0, 0.1) is 27.6 Å². The first kappa shape index (κ1) is 18.9. The third-order valence-electron chi connectivity index (χ3n) is 4.48. The van der Waals surface area contributed by atoms with Crippen LogP contribution < -0.4 is 5.32 Å². The van der Waals surface area contributed by atoms with Crippen molar-refractivity contribution in [3.8, 4) is 0 Å². The molecule has 1 unspecified atom stereocenters. The average Bonchev–Trinajstić information content (AvgIpc) is 3.34. The van der Waals surface area contributed by atoms with Gasteiger partial charge in [0.15, 0.2) is 5.82 Å². The summed E-state index contributed by atoms with van der Waals surface area (Å²) < 4.78 is 46.4. The van der Waals surface area contributed by atoms with Crippen molar-refractivity contribution in [2.75, 3.05) is 19.6 Å². The van der Waals surface area contributed by atoms with Crippen molar-refractivity contribution in [2.45, 2.75) is 18.9 Å². The molecule has 1 aliphatic heterocycles. The first-order valence-corrected chi connectivity index (χ1v) is 8.27. The average molecular weight is 383 g/mol. The number of hydrogen-bond acceptors (Lipinski definition) is 5. The predicted molar refractivity (Wildman–Crippen MR) is 87.6 cm³/mol.